The number of unbranched alkanes of at least 4 members (excludes halogenated alkanes) is 1. The number of hydrogen-bond acceptors (Lipinski definition) is 2. The van der Waals surface area contributed by atoms with E-state index < -0.39 is 5.97 Å². The summed E-state index contributed by atoms with van der Waals surface area (Å²) in [5.41, 5.74) is 0.683. The first-order valence-electron chi connectivity index (χ1n) is 6.93. The lowest BCUT2D eigenvalue weighted by Gasteiger charge is -2.16. The highest BCUT2D eigenvalue weighted by atomic mass is 16.4. The number of carboxylic acid groups (broad SMARTS) is 1. The summed E-state index contributed by atoms with van der Waals surface area (Å²) >= 11 is 0. The summed E-state index contributed by atoms with van der Waals surface area (Å²) in [4.78, 5) is 22.6. The number of rotatable bonds is 8. The highest BCUT2D eigenvalue weighted by Crippen LogP contribution is 2.18. The fourth-order valence-electron chi connectivity index (χ4n) is 2.23. The van der Waals surface area contributed by atoms with Crippen molar-refractivity contribution >= 4 is 11.8 Å². The minimum absolute atomic E-state index is 0.0946. The quantitative estimate of drug-likeness (QED) is 0.730. The smallest absolute Gasteiger partial charge is 0.352 e. The van der Waals surface area contributed by atoms with Gasteiger partial charge in [0.05, 0.1) is 0 Å². The van der Waals surface area contributed by atoms with E-state index in [1.165, 1.54) is 13.0 Å². The number of Topliss-reactive ketones (excluding diaryl/α,β-unsaturated/α-hetero) is 1. The van der Waals surface area contributed by atoms with E-state index in [0.717, 1.165) is 25.7 Å². The number of ketones is 1. The molecule has 0 aliphatic rings. The number of nitrogens with zero attached hydrogens (tertiary/aromatic N) is 1. The van der Waals surface area contributed by atoms with Crippen LogP contribution < -0.4 is 0 Å². The molecule has 4 nitrogen and oxygen atoms in total. The Morgan fingerprint density at radius 2 is 2.05 bits per heavy atom. The lowest BCUT2D eigenvalue weighted by atomic mass is 9.99. The zero-order chi connectivity index (χ0) is 14.4. The summed E-state index contributed by atoms with van der Waals surface area (Å²) < 4.78 is 1.71. The minimum atomic E-state index is -0.974. The fourth-order valence-corrected chi connectivity index (χ4v) is 2.23. The molecule has 1 atom stereocenters. The number of hydrogen-bond donors (Lipinski definition) is 1. The fraction of sp³-hybridized carbons (Fsp3) is 0.600. The molecule has 1 aromatic rings. The molecule has 0 aliphatic carbocycles. The summed E-state index contributed by atoms with van der Waals surface area (Å²) in [6.45, 7) is 6.40. The molecule has 0 amide bonds. The summed E-state index contributed by atoms with van der Waals surface area (Å²) in [7, 11) is 0. The maximum Gasteiger partial charge on any atom is 0.352 e. The van der Waals surface area contributed by atoms with Crippen LogP contribution in [0.2, 0.25) is 0 Å². The Bertz CT molecular complexity index is 448. The van der Waals surface area contributed by atoms with E-state index in [9.17, 15) is 14.7 Å². The van der Waals surface area contributed by atoms with Gasteiger partial charge in [-0.2, -0.15) is 0 Å². The van der Waals surface area contributed by atoms with Gasteiger partial charge in [0.15, 0.2) is 5.78 Å². The van der Waals surface area contributed by atoms with Crippen LogP contribution in [-0.4, -0.2) is 21.4 Å². The van der Waals surface area contributed by atoms with Crippen LogP contribution >= 0.6 is 0 Å². The second-order valence-corrected chi connectivity index (χ2v) is 5.04. The maximum absolute atomic E-state index is 11.4. The number of aromatic nitrogens is 1. The average Bonchev–Trinajstić information content (AvgIpc) is 2.78. The van der Waals surface area contributed by atoms with Gasteiger partial charge >= 0.3 is 5.97 Å². The van der Waals surface area contributed by atoms with Crippen molar-refractivity contribution in [3.8, 4) is 0 Å². The van der Waals surface area contributed by atoms with E-state index in [4.69, 9.17) is 0 Å². The van der Waals surface area contributed by atoms with Gasteiger partial charge in [0, 0.05) is 18.3 Å². The molecule has 1 N–H and O–H groups in total. The van der Waals surface area contributed by atoms with Crippen LogP contribution in [0.25, 0.3) is 0 Å². The molecule has 1 rings (SSSR count). The average molecular weight is 265 g/mol. The molecule has 0 bridgehead atoms. The first kappa shape index (κ1) is 15.5. The molecule has 0 spiro atoms. The Morgan fingerprint density at radius 1 is 1.37 bits per heavy atom. The van der Waals surface area contributed by atoms with Gasteiger partial charge in [0.2, 0.25) is 0 Å². The number of carboxylic acids is 1. The van der Waals surface area contributed by atoms with Crippen molar-refractivity contribution in [3.05, 3.63) is 23.5 Å². The normalized spacial score (nSPS) is 12.4. The molecular weight excluding hydrogens is 242 g/mol. The van der Waals surface area contributed by atoms with E-state index in [0.29, 0.717) is 18.0 Å². The Labute approximate surface area is 114 Å². The van der Waals surface area contributed by atoms with Crippen molar-refractivity contribution in [2.45, 2.75) is 53.0 Å². The van der Waals surface area contributed by atoms with Gasteiger partial charge in [-0.25, -0.2) is 4.79 Å². The summed E-state index contributed by atoms with van der Waals surface area (Å²) in [6, 6.07) is 1.47. The lowest BCUT2D eigenvalue weighted by molar-refractivity contribution is 0.0683. The standard InChI is InChI=1S/C15H23NO3/c1-4-6-7-12(5-2)9-16-10-13(11(3)17)8-14(16)15(18)19/h8,10,12H,4-7,9H2,1-3H3,(H,18,19). The van der Waals surface area contributed by atoms with Gasteiger partial charge < -0.3 is 9.67 Å². The van der Waals surface area contributed by atoms with Crippen LogP contribution in [0.3, 0.4) is 0 Å². The van der Waals surface area contributed by atoms with Crippen molar-refractivity contribution in [2.75, 3.05) is 0 Å². The van der Waals surface area contributed by atoms with Crippen LogP contribution in [0.5, 0.6) is 0 Å². The van der Waals surface area contributed by atoms with Crippen molar-refractivity contribution in [1.29, 1.82) is 0 Å². The van der Waals surface area contributed by atoms with Gasteiger partial charge in [-0.3, -0.25) is 4.79 Å². The molecule has 0 radical (unpaired) electrons. The Hall–Kier alpha value is -1.58. The first-order chi connectivity index (χ1) is 8.99. The van der Waals surface area contributed by atoms with E-state index in [-0.39, 0.29) is 11.5 Å². The maximum atomic E-state index is 11.4. The largest absolute Gasteiger partial charge is 0.477 e. The Balaban J connectivity index is 2.91. The van der Waals surface area contributed by atoms with E-state index in [1.54, 1.807) is 10.8 Å². The second kappa shape index (κ2) is 7.12. The molecule has 0 aromatic carbocycles. The van der Waals surface area contributed by atoms with Crippen LogP contribution in [0.15, 0.2) is 12.3 Å². The van der Waals surface area contributed by atoms with Crippen molar-refractivity contribution in [2.24, 2.45) is 5.92 Å². The molecule has 0 saturated carbocycles. The lowest BCUT2D eigenvalue weighted by Crippen LogP contribution is -2.14. The van der Waals surface area contributed by atoms with Crippen LogP contribution in [0.1, 0.15) is 67.3 Å². The number of aromatic carboxylic acids is 1. The van der Waals surface area contributed by atoms with Crippen LogP contribution in [0, 0.1) is 5.92 Å². The molecule has 19 heavy (non-hydrogen) atoms. The number of carbonyl (C=O) groups is 2. The minimum Gasteiger partial charge on any atom is -0.477 e. The van der Waals surface area contributed by atoms with E-state index in [1.807, 2.05) is 0 Å². The zero-order valence-electron chi connectivity index (χ0n) is 12.0. The first-order valence-corrected chi connectivity index (χ1v) is 6.93. The van der Waals surface area contributed by atoms with Gasteiger partial charge in [-0.05, 0) is 25.3 Å². The molecule has 1 aromatic heterocycles. The molecule has 1 heterocycles. The second-order valence-electron chi connectivity index (χ2n) is 5.04. The molecular formula is C15H23NO3. The van der Waals surface area contributed by atoms with Gasteiger partial charge in [-0.1, -0.05) is 33.1 Å². The highest BCUT2D eigenvalue weighted by molar-refractivity contribution is 5.97. The van der Waals surface area contributed by atoms with E-state index in [2.05, 4.69) is 13.8 Å². The molecule has 106 valence electrons. The molecule has 4 heteroatoms. The SMILES string of the molecule is CCCCC(CC)Cn1cc(C(C)=O)cc1C(=O)O. The summed E-state index contributed by atoms with van der Waals surface area (Å²) in [6.07, 6.45) is 6.08. The third kappa shape index (κ3) is 4.23. The van der Waals surface area contributed by atoms with Gasteiger partial charge in [0.25, 0.3) is 0 Å². The Kier molecular flexibility index (Phi) is 5.80. The topological polar surface area (TPSA) is 59.3 Å². The summed E-state index contributed by atoms with van der Waals surface area (Å²) in [5, 5.41) is 9.19. The van der Waals surface area contributed by atoms with Crippen molar-refractivity contribution < 1.29 is 14.7 Å². The predicted octanol–water partition coefficient (Wildman–Crippen LogP) is 3.61. The van der Waals surface area contributed by atoms with Gasteiger partial charge in [0.1, 0.15) is 5.69 Å². The molecule has 0 fully saturated rings. The third-order valence-corrected chi connectivity index (χ3v) is 3.52. The van der Waals surface area contributed by atoms with Gasteiger partial charge in [-0.15, -0.1) is 0 Å². The number of carbonyl (C=O) groups excluding carboxylic acids is 1. The summed E-state index contributed by atoms with van der Waals surface area (Å²) in [5.74, 6) is -0.606. The van der Waals surface area contributed by atoms with Crippen molar-refractivity contribution in [1.82, 2.24) is 4.57 Å². The monoisotopic (exact) mass is 265 g/mol. The zero-order valence-corrected chi connectivity index (χ0v) is 12.0. The van der Waals surface area contributed by atoms with Crippen LogP contribution in [0.4, 0.5) is 0 Å². The van der Waals surface area contributed by atoms with Crippen molar-refractivity contribution in [3.63, 3.8) is 0 Å². The predicted molar refractivity (Wildman–Crippen MR) is 74.7 cm³/mol. The molecule has 1 unspecified atom stereocenters. The van der Waals surface area contributed by atoms with E-state index >= 15 is 0 Å². The highest BCUT2D eigenvalue weighted by Gasteiger charge is 2.17. The Morgan fingerprint density at radius 3 is 2.53 bits per heavy atom. The van der Waals surface area contributed by atoms with Crippen LogP contribution in [-0.2, 0) is 6.54 Å². The third-order valence-electron chi connectivity index (χ3n) is 3.52. The molecule has 0 saturated heterocycles. The molecule has 0 aliphatic heterocycles.